The first-order valence-electron chi connectivity index (χ1n) is 10.7. The Balaban J connectivity index is 1.52. The van der Waals surface area contributed by atoms with Crippen LogP contribution in [0, 0.1) is 5.92 Å². The molecule has 1 aliphatic rings. The number of methoxy groups -OCH3 is 1. The van der Waals surface area contributed by atoms with Crippen molar-refractivity contribution >= 4 is 34.8 Å². The molecule has 2 N–H and O–H groups in total. The summed E-state index contributed by atoms with van der Waals surface area (Å²) in [5.41, 5.74) is 4.23. The first-order valence-corrected chi connectivity index (χ1v) is 10.7. The highest BCUT2D eigenvalue weighted by molar-refractivity contribution is 6.15. The molecule has 1 amide bonds. The zero-order valence-corrected chi connectivity index (χ0v) is 18.0. The van der Waals surface area contributed by atoms with E-state index in [1.165, 1.54) is 7.11 Å². The fraction of sp³-hybridized carbons (Fsp3) is 0.148. The molecule has 0 spiro atoms. The predicted octanol–water partition coefficient (Wildman–Crippen LogP) is 5.18. The van der Waals surface area contributed by atoms with E-state index in [2.05, 4.69) is 10.3 Å². The second kappa shape index (κ2) is 8.39. The molecule has 6 heteroatoms. The molecule has 1 saturated carbocycles. The molecule has 5 rings (SSSR count). The van der Waals surface area contributed by atoms with Gasteiger partial charge in [-0.3, -0.25) is 9.59 Å². The Labute approximate surface area is 190 Å². The quantitative estimate of drug-likeness (QED) is 0.321. The third-order valence-corrected chi connectivity index (χ3v) is 6.14. The van der Waals surface area contributed by atoms with Gasteiger partial charge in [0, 0.05) is 28.1 Å². The fourth-order valence-electron chi connectivity index (χ4n) is 4.44. The van der Waals surface area contributed by atoms with Crippen molar-refractivity contribution in [3.8, 4) is 11.3 Å². The summed E-state index contributed by atoms with van der Waals surface area (Å²) < 4.78 is 4.97. The second-order valence-corrected chi connectivity index (χ2v) is 8.18. The smallest absolute Gasteiger partial charge is 0.338 e. The van der Waals surface area contributed by atoms with Gasteiger partial charge in [0.1, 0.15) is 0 Å². The first-order chi connectivity index (χ1) is 16.1. The van der Waals surface area contributed by atoms with Crippen molar-refractivity contribution in [3.63, 3.8) is 0 Å². The maximum absolute atomic E-state index is 12.9. The summed E-state index contributed by atoms with van der Waals surface area (Å²) in [5, 5.41) is 3.42. The molecule has 2 atom stereocenters. The van der Waals surface area contributed by atoms with Crippen LogP contribution >= 0.6 is 0 Å². The predicted molar refractivity (Wildman–Crippen MR) is 126 cm³/mol. The highest BCUT2D eigenvalue weighted by Gasteiger charge is 2.43. The molecule has 1 aromatic heterocycles. The summed E-state index contributed by atoms with van der Waals surface area (Å²) in [7, 11) is 1.29. The van der Waals surface area contributed by atoms with E-state index in [0.717, 1.165) is 23.8 Å². The molecular weight excluding hydrogens is 416 g/mol. The first kappa shape index (κ1) is 20.7. The van der Waals surface area contributed by atoms with Crippen LogP contribution in [0.1, 0.15) is 38.6 Å². The molecule has 1 fully saturated rings. The Morgan fingerprint density at radius 2 is 1.73 bits per heavy atom. The van der Waals surface area contributed by atoms with Crippen LogP contribution in [0.4, 0.5) is 5.69 Å². The normalized spacial score (nSPS) is 16.9. The number of anilines is 1. The average molecular weight is 438 g/mol. The van der Waals surface area contributed by atoms with Gasteiger partial charge in [-0.2, -0.15) is 0 Å². The lowest BCUT2D eigenvalue weighted by Crippen LogP contribution is -2.15. The van der Waals surface area contributed by atoms with Gasteiger partial charge in [0.15, 0.2) is 6.29 Å². The Morgan fingerprint density at radius 3 is 2.39 bits per heavy atom. The van der Waals surface area contributed by atoms with E-state index in [4.69, 9.17) is 4.74 Å². The number of hydrogen-bond acceptors (Lipinski definition) is 4. The number of rotatable bonds is 6. The second-order valence-electron chi connectivity index (χ2n) is 8.18. The highest BCUT2D eigenvalue weighted by Crippen LogP contribution is 2.48. The lowest BCUT2D eigenvalue weighted by Gasteiger charge is -2.09. The monoisotopic (exact) mass is 438 g/mol. The molecule has 0 bridgehead atoms. The topological polar surface area (TPSA) is 88.3 Å². The molecular formula is C27H22N2O4. The van der Waals surface area contributed by atoms with Crippen LogP contribution in [-0.2, 0) is 9.53 Å². The molecule has 0 radical (unpaired) electrons. The van der Waals surface area contributed by atoms with Gasteiger partial charge >= 0.3 is 5.97 Å². The highest BCUT2D eigenvalue weighted by atomic mass is 16.5. The number of aromatic amines is 1. The van der Waals surface area contributed by atoms with E-state index in [0.29, 0.717) is 27.8 Å². The maximum atomic E-state index is 12.9. The molecule has 0 saturated heterocycles. The van der Waals surface area contributed by atoms with E-state index < -0.39 is 5.97 Å². The van der Waals surface area contributed by atoms with Gasteiger partial charge in [-0.25, -0.2) is 4.79 Å². The number of H-pyrrole nitrogens is 1. The average Bonchev–Trinajstić information content (AvgIpc) is 3.58. The molecule has 4 aromatic rings. The van der Waals surface area contributed by atoms with E-state index in [1.807, 2.05) is 60.7 Å². The van der Waals surface area contributed by atoms with Crippen molar-refractivity contribution < 1.29 is 19.1 Å². The number of benzene rings is 3. The lowest BCUT2D eigenvalue weighted by molar-refractivity contribution is -0.117. The van der Waals surface area contributed by atoms with Gasteiger partial charge < -0.3 is 15.0 Å². The molecule has 164 valence electrons. The molecule has 0 aliphatic heterocycles. The van der Waals surface area contributed by atoms with Crippen molar-refractivity contribution in [2.24, 2.45) is 5.92 Å². The van der Waals surface area contributed by atoms with E-state index in [-0.39, 0.29) is 23.3 Å². The number of esters is 1. The standard InChI is InChI=1S/C27H22N2O4/c1-33-27(32)21-12-18(28-26(31)20-14-19(20)16-8-4-2-5-9-16)13-23-24(21)22(15-30)25(29-23)17-10-6-3-7-11-17/h2-13,15,19-20,29H,14H2,1H3,(H,28,31). The van der Waals surface area contributed by atoms with Gasteiger partial charge in [0.2, 0.25) is 5.91 Å². The molecule has 2 unspecified atom stereocenters. The molecule has 1 aliphatic carbocycles. The molecule has 3 aromatic carbocycles. The van der Waals surface area contributed by atoms with Crippen molar-refractivity contribution in [2.45, 2.75) is 12.3 Å². The van der Waals surface area contributed by atoms with Crippen LogP contribution in [-0.4, -0.2) is 30.3 Å². The van der Waals surface area contributed by atoms with E-state index >= 15 is 0 Å². The van der Waals surface area contributed by atoms with Crippen molar-refractivity contribution in [1.82, 2.24) is 4.98 Å². The summed E-state index contributed by atoms with van der Waals surface area (Å²) >= 11 is 0. The van der Waals surface area contributed by atoms with E-state index in [1.54, 1.807) is 12.1 Å². The van der Waals surface area contributed by atoms with Gasteiger partial charge in [0.05, 0.1) is 18.4 Å². The summed E-state index contributed by atoms with van der Waals surface area (Å²) in [5.74, 6) is -0.582. The fourth-order valence-corrected chi connectivity index (χ4v) is 4.44. The summed E-state index contributed by atoms with van der Waals surface area (Å²) in [6.45, 7) is 0. The zero-order chi connectivity index (χ0) is 22.9. The zero-order valence-electron chi connectivity index (χ0n) is 18.0. The van der Waals surface area contributed by atoms with Gasteiger partial charge in [-0.1, -0.05) is 60.7 Å². The van der Waals surface area contributed by atoms with Crippen molar-refractivity contribution in [3.05, 3.63) is 89.5 Å². The number of aromatic nitrogens is 1. The SMILES string of the molecule is COC(=O)c1cc(NC(=O)C2CC2c2ccccc2)cc2[nH]c(-c3ccccc3)c(C=O)c12. The number of hydrogen-bond donors (Lipinski definition) is 2. The number of amides is 1. The van der Waals surface area contributed by atoms with Crippen molar-refractivity contribution in [2.75, 3.05) is 12.4 Å². The lowest BCUT2D eigenvalue weighted by atomic mass is 10.0. The number of ether oxygens (including phenoxy) is 1. The van der Waals surface area contributed by atoms with Crippen LogP contribution in [0.15, 0.2) is 72.8 Å². The largest absolute Gasteiger partial charge is 0.465 e. The number of carbonyl (C=O) groups is 3. The Bertz CT molecular complexity index is 1360. The van der Waals surface area contributed by atoms with Gasteiger partial charge in [-0.15, -0.1) is 0 Å². The minimum Gasteiger partial charge on any atom is -0.465 e. The van der Waals surface area contributed by atoms with Crippen LogP contribution in [0.2, 0.25) is 0 Å². The molecule has 1 heterocycles. The van der Waals surface area contributed by atoms with Crippen LogP contribution in [0.5, 0.6) is 0 Å². The van der Waals surface area contributed by atoms with Gasteiger partial charge in [-0.05, 0) is 35.6 Å². The minimum absolute atomic E-state index is 0.0931. The summed E-state index contributed by atoms with van der Waals surface area (Å²) in [4.78, 5) is 40.8. The number of fused-ring (bicyclic) bond motifs is 1. The number of carbonyl (C=O) groups excluding carboxylic acids is 3. The van der Waals surface area contributed by atoms with Crippen LogP contribution in [0.25, 0.3) is 22.2 Å². The number of nitrogens with one attached hydrogen (secondary N) is 2. The third-order valence-electron chi connectivity index (χ3n) is 6.14. The number of aldehydes is 1. The van der Waals surface area contributed by atoms with Crippen LogP contribution < -0.4 is 5.32 Å². The Morgan fingerprint density at radius 1 is 1.03 bits per heavy atom. The van der Waals surface area contributed by atoms with E-state index in [9.17, 15) is 14.4 Å². The summed E-state index contributed by atoms with van der Waals surface area (Å²) in [6, 6.07) is 22.7. The Hall–Kier alpha value is -4.19. The maximum Gasteiger partial charge on any atom is 0.338 e. The van der Waals surface area contributed by atoms with Crippen LogP contribution in [0.3, 0.4) is 0 Å². The Kier molecular flexibility index (Phi) is 5.26. The third kappa shape index (κ3) is 3.80. The van der Waals surface area contributed by atoms with Crippen molar-refractivity contribution in [1.29, 1.82) is 0 Å². The van der Waals surface area contributed by atoms with Gasteiger partial charge in [0.25, 0.3) is 0 Å². The molecule has 33 heavy (non-hydrogen) atoms. The molecule has 6 nitrogen and oxygen atoms in total. The minimum atomic E-state index is -0.577. The summed E-state index contributed by atoms with van der Waals surface area (Å²) in [6.07, 6.45) is 1.53.